The largest absolute Gasteiger partial charge is 0.342 e. The second kappa shape index (κ2) is 6.40. The van der Waals surface area contributed by atoms with Crippen molar-refractivity contribution in [2.45, 2.75) is 25.8 Å². The fraction of sp³-hybridized carbons (Fsp3) is 0.312. The van der Waals surface area contributed by atoms with Crippen molar-refractivity contribution in [3.63, 3.8) is 0 Å². The Morgan fingerprint density at radius 1 is 1.43 bits per heavy atom. The van der Waals surface area contributed by atoms with Crippen LogP contribution in [-0.2, 0) is 4.79 Å². The van der Waals surface area contributed by atoms with Crippen molar-refractivity contribution in [3.05, 3.63) is 42.0 Å². The summed E-state index contributed by atoms with van der Waals surface area (Å²) in [6.07, 6.45) is 4.93. The highest BCUT2D eigenvalue weighted by Gasteiger charge is 2.30. The van der Waals surface area contributed by atoms with Crippen LogP contribution in [0.25, 0.3) is 0 Å². The highest BCUT2D eigenvalue weighted by molar-refractivity contribution is 5.99. The van der Waals surface area contributed by atoms with E-state index in [2.05, 4.69) is 20.3 Å². The van der Waals surface area contributed by atoms with Crippen LogP contribution in [0.2, 0.25) is 0 Å². The van der Waals surface area contributed by atoms with Crippen molar-refractivity contribution in [2.75, 3.05) is 16.8 Å². The lowest BCUT2D eigenvalue weighted by Gasteiger charge is -2.32. The molecule has 3 heterocycles. The minimum absolute atomic E-state index is 0.0344. The molecule has 1 amide bonds. The lowest BCUT2D eigenvalue weighted by atomic mass is 10.0. The molecule has 0 radical (unpaired) electrons. The van der Waals surface area contributed by atoms with Crippen LogP contribution < -0.4 is 10.2 Å². The van der Waals surface area contributed by atoms with Crippen molar-refractivity contribution in [1.29, 1.82) is 5.26 Å². The van der Waals surface area contributed by atoms with Gasteiger partial charge in [0.05, 0.1) is 11.9 Å². The molecule has 1 N–H and O–H groups in total. The van der Waals surface area contributed by atoms with Crippen LogP contribution in [0, 0.1) is 18.3 Å². The summed E-state index contributed by atoms with van der Waals surface area (Å²) in [5.74, 6) is 0.279. The monoisotopic (exact) mass is 308 g/mol. The molecule has 7 nitrogen and oxygen atoms in total. The van der Waals surface area contributed by atoms with E-state index in [1.165, 1.54) is 0 Å². The Morgan fingerprint density at radius 3 is 3.04 bits per heavy atom. The number of pyridine rings is 1. The number of nitrogens with zero attached hydrogens (tertiary/aromatic N) is 5. The van der Waals surface area contributed by atoms with Crippen LogP contribution in [0.5, 0.6) is 0 Å². The van der Waals surface area contributed by atoms with Crippen molar-refractivity contribution < 1.29 is 4.79 Å². The number of aromatic nitrogens is 3. The van der Waals surface area contributed by atoms with E-state index in [4.69, 9.17) is 5.26 Å². The van der Waals surface area contributed by atoms with Gasteiger partial charge in [0.25, 0.3) is 0 Å². The molecule has 1 unspecified atom stereocenters. The number of aryl methyl sites for hydroxylation is 1. The fourth-order valence-electron chi connectivity index (χ4n) is 2.63. The normalized spacial score (nSPS) is 17.7. The van der Waals surface area contributed by atoms with Crippen LogP contribution in [-0.4, -0.2) is 33.4 Å². The van der Waals surface area contributed by atoms with Gasteiger partial charge in [0.15, 0.2) is 0 Å². The molecule has 1 saturated heterocycles. The summed E-state index contributed by atoms with van der Waals surface area (Å²) in [5, 5.41) is 12.0. The van der Waals surface area contributed by atoms with E-state index in [9.17, 15) is 4.79 Å². The SMILES string of the molecule is Cc1cc(C#N)nc(NC2CCCN(c3cccnc3)C2=O)n1. The Kier molecular flexibility index (Phi) is 4.15. The molecule has 1 aliphatic heterocycles. The van der Waals surface area contributed by atoms with Gasteiger partial charge in [-0.2, -0.15) is 5.26 Å². The lowest BCUT2D eigenvalue weighted by molar-refractivity contribution is -0.120. The van der Waals surface area contributed by atoms with Crippen molar-refractivity contribution >= 4 is 17.5 Å². The summed E-state index contributed by atoms with van der Waals surface area (Å²) in [7, 11) is 0. The Hall–Kier alpha value is -3.01. The predicted octanol–water partition coefficient (Wildman–Crippen LogP) is 1.66. The third kappa shape index (κ3) is 3.26. The number of rotatable bonds is 3. The first-order valence-corrected chi connectivity index (χ1v) is 7.41. The van der Waals surface area contributed by atoms with Crippen LogP contribution in [0.4, 0.5) is 11.6 Å². The number of anilines is 2. The Bertz CT molecular complexity index is 755. The summed E-state index contributed by atoms with van der Waals surface area (Å²) >= 11 is 0. The molecule has 2 aromatic rings. The molecule has 1 fully saturated rings. The molecule has 0 bridgehead atoms. The first kappa shape index (κ1) is 14.9. The van der Waals surface area contributed by atoms with E-state index in [0.29, 0.717) is 24.6 Å². The molecule has 1 atom stereocenters. The highest BCUT2D eigenvalue weighted by Crippen LogP contribution is 2.21. The van der Waals surface area contributed by atoms with Gasteiger partial charge < -0.3 is 10.2 Å². The van der Waals surface area contributed by atoms with E-state index in [1.54, 1.807) is 30.3 Å². The first-order valence-electron chi connectivity index (χ1n) is 7.41. The molecular weight excluding hydrogens is 292 g/mol. The van der Waals surface area contributed by atoms with Gasteiger partial charge in [-0.3, -0.25) is 9.78 Å². The lowest BCUT2D eigenvalue weighted by Crippen LogP contribution is -2.48. The van der Waals surface area contributed by atoms with E-state index < -0.39 is 6.04 Å². The van der Waals surface area contributed by atoms with Gasteiger partial charge in [0.1, 0.15) is 17.8 Å². The summed E-state index contributed by atoms with van der Waals surface area (Å²) in [6.45, 7) is 2.46. The maximum Gasteiger partial charge on any atom is 0.249 e. The Morgan fingerprint density at radius 2 is 2.30 bits per heavy atom. The molecule has 0 aromatic carbocycles. The fourth-order valence-corrected chi connectivity index (χ4v) is 2.63. The maximum atomic E-state index is 12.7. The first-order chi connectivity index (χ1) is 11.2. The van der Waals surface area contributed by atoms with E-state index in [1.807, 2.05) is 18.2 Å². The molecule has 3 rings (SSSR count). The quantitative estimate of drug-likeness (QED) is 0.926. The minimum atomic E-state index is -0.405. The Balaban J connectivity index is 1.80. The van der Waals surface area contributed by atoms with Crippen LogP contribution in [0.1, 0.15) is 24.2 Å². The second-order valence-corrected chi connectivity index (χ2v) is 5.37. The van der Waals surface area contributed by atoms with Gasteiger partial charge in [0, 0.05) is 18.4 Å². The van der Waals surface area contributed by atoms with Gasteiger partial charge in [-0.05, 0) is 38.0 Å². The summed E-state index contributed by atoms with van der Waals surface area (Å²) < 4.78 is 0. The summed E-state index contributed by atoms with van der Waals surface area (Å²) in [4.78, 5) is 26.8. The molecule has 0 aliphatic carbocycles. The van der Waals surface area contributed by atoms with Crippen LogP contribution in [0.15, 0.2) is 30.6 Å². The molecule has 116 valence electrons. The predicted molar refractivity (Wildman–Crippen MR) is 84.7 cm³/mol. The number of carbonyl (C=O) groups excluding carboxylic acids is 1. The van der Waals surface area contributed by atoms with Crippen LogP contribution >= 0.6 is 0 Å². The summed E-state index contributed by atoms with van der Waals surface area (Å²) in [5.41, 5.74) is 1.76. The highest BCUT2D eigenvalue weighted by atomic mass is 16.2. The standard InChI is InChI=1S/C16H16N6O/c1-11-8-12(9-17)20-16(19-11)21-14-5-3-7-22(15(14)23)13-4-2-6-18-10-13/h2,4,6,8,10,14H,3,5,7H2,1H3,(H,19,20,21). The molecule has 0 spiro atoms. The van der Waals surface area contributed by atoms with Crippen molar-refractivity contribution in [3.8, 4) is 6.07 Å². The number of amides is 1. The van der Waals surface area contributed by atoms with Gasteiger partial charge >= 0.3 is 0 Å². The van der Waals surface area contributed by atoms with E-state index in [0.717, 1.165) is 12.1 Å². The van der Waals surface area contributed by atoms with E-state index >= 15 is 0 Å². The zero-order valence-electron chi connectivity index (χ0n) is 12.7. The summed E-state index contributed by atoms with van der Waals surface area (Å²) in [6, 6.07) is 6.87. The third-order valence-corrected chi connectivity index (χ3v) is 3.67. The minimum Gasteiger partial charge on any atom is -0.342 e. The van der Waals surface area contributed by atoms with Gasteiger partial charge in [-0.15, -0.1) is 0 Å². The van der Waals surface area contributed by atoms with Crippen molar-refractivity contribution in [2.24, 2.45) is 0 Å². The molecule has 1 aliphatic rings. The smallest absolute Gasteiger partial charge is 0.249 e. The van der Waals surface area contributed by atoms with Crippen molar-refractivity contribution in [1.82, 2.24) is 15.0 Å². The average molecular weight is 308 g/mol. The van der Waals surface area contributed by atoms with Gasteiger partial charge in [-0.1, -0.05) is 0 Å². The number of nitriles is 1. The maximum absolute atomic E-state index is 12.7. The zero-order chi connectivity index (χ0) is 16.2. The Labute approximate surface area is 134 Å². The van der Waals surface area contributed by atoms with Crippen LogP contribution in [0.3, 0.4) is 0 Å². The molecule has 23 heavy (non-hydrogen) atoms. The molecule has 2 aromatic heterocycles. The number of hydrogen-bond donors (Lipinski definition) is 1. The molecular formula is C16H16N6O. The third-order valence-electron chi connectivity index (χ3n) is 3.67. The number of piperidine rings is 1. The topological polar surface area (TPSA) is 94.8 Å². The number of hydrogen-bond acceptors (Lipinski definition) is 6. The zero-order valence-corrected chi connectivity index (χ0v) is 12.7. The van der Waals surface area contributed by atoms with E-state index in [-0.39, 0.29) is 11.6 Å². The molecule has 7 heteroatoms. The number of nitrogens with one attached hydrogen (secondary N) is 1. The average Bonchev–Trinajstić information content (AvgIpc) is 2.57. The van der Waals surface area contributed by atoms with Gasteiger partial charge in [0.2, 0.25) is 11.9 Å². The second-order valence-electron chi connectivity index (χ2n) is 5.37. The molecule has 0 saturated carbocycles. The van der Waals surface area contributed by atoms with Gasteiger partial charge in [-0.25, -0.2) is 9.97 Å². The number of carbonyl (C=O) groups is 1.